The maximum absolute atomic E-state index is 15.0. The predicted octanol–water partition coefficient (Wildman–Crippen LogP) is 7.76. The minimum absolute atomic E-state index is 0.0320. The predicted molar refractivity (Wildman–Crippen MR) is 208 cm³/mol. The van der Waals surface area contributed by atoms with Gasteiger partial charge in [0.15, 0.2) is 5.78 Å². The normalized spacial score (nSPS) is 23.2. The molecule has 0 unspecified atom stereocenters. The first-order chi connectivity index (χ1) is 26.9. The SMILES string of the molecule is CC(C)=CCc1c(O)ccc(C(=O)[C@@H]2[C@@H](c3c(O)cc4c(c3O)C(=O)[C@@]3(CC=C(C)C)Oc5cc(O)ccc5[C@@]3(O)O4)C=C(C)C[C@H]2c2ccc(O)cc2O)c1O. The van der Waals surface area contributed by atoms with E-state index in [2.05, 4.69) is 0 Å². The van der Waals surface area contributed by atoms with Crippen LogP contribution in [-0.4, -0.2) is 58.0 Å². The van der Waals surface area contributed by atoms with E-state index in [1.807, 2.05) is 13.8 Å². The Bertz CT molecular complexity index is 2450. The third kappa shape index (κ3) is 6.20. The first-order valence-electron chi connectivity index (χ1n) is 18.5. The van der Waals surface area contributed by atoms with Crippen molar-refractivity contribution in [2.75, 3.05) is 0 Å². The summed E-state index contributed by atoms with van der Waals surface area (Å²) in [5.74, 6) is -10.6. The lowest BCUT2D eigenvalue weighted by Crippen LogP contribution is -2.62. The number of carbonyl (C=O) groups excluding carboxylic acids is 2. The fraction of sp³-hybridized carbons (Fsp3) is 0.289. The lowest BCUT2D eigenvalue weighted by atomic mass is 9.64. The van der Waals surface area contributed by atoms with E-state index in [4.69, 9.17) is 9.47 Å². The third-order valence-corrected chi connectivity index (χ3v) is 11.2. The summed E-state index contributed by atoms with van der Waals surface area (Å²) in [6.07, 6.45) is 5.18. The van der Waals surface area contributed by atoms with E-state index in [0.29, 0.717) is 5.57 Å². The summed E-state index contributed by atoms with van der Waals surface area (Å²) in [7, 11) is 0. The first-order valence-corrected chi connectivity index (χ1v) is 18.5. The van der Waals surface area contributed by atoms with Crippen LogP contribution in [-0.2, 0) is 12.2 Å². The van der Waals surface area contributed by atoms with Gasteiger partial charge in [0.1, 0.15) is 57.3 Å². The number of fused-ring (bicyclic) bond motifs is 4. The van der Waals surface area contributed by atoms with Crippen LogP contribution in [0.1, 0.15) is 102 Å². The van der Waals surface area contributed by atoms with Crippen molar-refractivity contribution in [2.45, 2.75) is 77.1 Å². The molecule has 0 spiro atoms. The molecule has 4 aromatic carbocycles. The van der Waals surface area contributed by atoms with E-state index in [-0.39, 0.29) is 81.6 Å². The molecule has 0 fully saturated rings. The Hall–Kier alpha value is -6.40. The number of ketones is 2. The summed E-state index contributed by atoms with van der Waals surface area (Å²) in [6.45, 7) is 9.03. The number of rotatable bonds is 8. The highest BCUT2D eigenvalue weighted by atomic mass is 16.7. The van der Waals surface area contributed by atoms with Crippen LogP contribution < -0.4 is 9.47 Å². The lowest BCUT2D eigenvalue weighted by molar-refractivity contribution is -0.221. The molecule has 7 rings (SSSR count). The molecule has 5 atom stereocenters. The summed E-state index contributed by atoms with van der Waals surface area (Å²) in [5.41, 5.74) is -0.284. The van der Waals surface area contributed by atoms with E-state index in [0.717, 1.165) is 23.3 Å². The third-order valence-electron chi connectivity index (χ3n) is 11.2. The van der Waals surface area contributed by atoms with Crippen LogP contribution in [0.3, 0.4) is 0 Å². The van der Waals surface area contributed by atoms with Crippen molar-refractivity contribution in [3.63, 3.8) is 0 Å². The largest absolute Gasteiger partial charge is 0.508 e. The van der Waals surface area contributed by atoms with Crippen LogP contribution in [0.5, 0.6) is 51.7 Å². The molecule has 0 saturated carbocycles. The van der Waals surface area contributed by atoms with Gasteiger partial charge in [-0.3, -0.25) is 9.59 Å². The maximum Gasteiger partial charge on any atom is 0.286 e. The molecular weight excluding hydrogens is 732 g/mol. The van der Waals surface area contributed by atoms with Crippen molar-refractivity contribution >= 4 is 11.6 Å². The van der Waals surface area contributed by atoms with Crippen molar-refractivity contribution in [3.8, 4) is 51.7 Å². The second kappa shape index (κ2) is 14.0. The Labute approximate surface area is 328 Å². The molecule has 12 nitrogen and oxygen atoms in total. The van der Waals surface area contributed by atoms with Crippen molar-refractivity contribution in [2.24, 2.45) is 5.92 Å². The van der Waals surface area contributed by atoms with E-state index in [1.54, 1.807) is 39.0 Å². The highest BCUT2D eigenvalue weighted by Gasteiger charge is 2.70. The first kappa shape index (κ1) is 38.9. The maximum atomic E-state index is 15.0. The van der Waals surface area contributed by atoms with Gasteiger partial charge >= 0.3 is 0 Å². The molecule has 296 valence electrons. The average Bonchev–Trinajstić information content (AvgIpc) is 3.37. The van der Waals surface area contributed by atoms with Gasteiger partial charge in [0.05, 0.1) is 11.1 Å². The standard InChI is InChI=1S/C45H44O12/c1-21(2)6-9-27-32(48)13-11-28(40(27)51)41(52)37-29(26-10-7-24(46)18-33(26)49)16-23(5)17-30(37)38-34(50)20-36-39(42(38)53)43(54)44(15-14-22(3)4)45(55,57-36)31-12-8-25(47)19-35(31)56-44/h6-8,10-14,17-20,29-30,37,46-51,53,55H,9,15-16H2,1-5H3/t29-,30-,37-,44+,45+/m0/s1. The summed E-state index contributed by atoms with van der Waals surface area (Å²) in [4.78, 5) is 30.0. The zero-order chi connectivity index (χ0) is 41.3. The molecule has 12 heteroatoms. The second-order valence-corrected chi connectivity index (χ2v) is 15.6. The van der Waals surface area contributed by atoms with Crippen LogP contribution in [0.25, 0.3) is 0 Å². The van der Waals surface area contributed by atoms with Gasteiger partial charge in [0.25, 0.3) is 5.79 Å². The number of ether oxygens (including phenoxy) is 2. The number of hydrogen-bond acceptors (Lipinski definition) is 12. The monoisotopic (exact) mass is 776 g/mol. The summed E-state index contributed by atoms with van der Waals surface area (Å²) in [6, 6.07) is 11.5. The van der Waals surface area contributed by atoms with Crippen molar-refractivity contribution in [1.29, 1.82) is 0 Å². The quantitative estimate of drug-likeness (QED) is 0.0637. The molecule has 1 aliphatic carbocycles. The van der Waals surface area contributed by atoms with Crippen molar-refractivity contribution in [1.82, 2.24) is 0 Å². The lowest BCUT2D eigenvalue weighted by Gasteiger charge is -2.43. The van der Waals surface area contributed by atoms with E-state index in [1.165, 1.54) is 42.5 Å². The number of allylic oxidation sites excluding steroid dienone is 5. The Morgan fingerprint density at radius 3 is 2.16 bits per heavy atom. The van der Waals surface area contributed by atoms with Crippen molar-refractivity contribution < 1.29 is 59.9 Å². The molecule has 8 N–H and O–H groups in total. The zero-order valence-electron chi connectivity index (χ0n) is 32.0. The Morgan fingerprint density at radius 2 is 1.47 bits per heavy atom. The fourth-order valence-electron chi connectivity index (χ4n) is 8.42. The molecule has 0 aromatic heterocycles. The number of aliphatic hydroxyl groups is 1. The number of Topliss-reactive ketones (excluding diaryl/α,β-unsaturated/α-hetero) is 2. The summed E-state index contributed by atoms with van der Waals surface area (Å²) < 4.78 is 12.4. The van der Waals surface area contributed by atoms with Gasteiger partial charge in [0.2, 0.25) is 11.4 Å². The van der Waals surface area contributed by atoms with Crippen LogP contribution in [0.2, 0.25) is 0 Å². The van der Waals surface area contributed by atoms with Gasteiger partial charge in [-0.2, -0.15) is 0 Å². The minimum atomic E-state index is -2.46. The van der Waals surface area contributed by atoms with Gasteiger partial charge in [0, 0.05) is 53.5 Å². The van der Waals surface area contributed by atoms with E-state index >= 15 is 4.79 Å². The van der Waals surface area contributed by atoms with Gasteiger partial charge < -0.3 is 50.3 Å². The molecule has 0 saturated heterocycles. The van der Waals surface area contributed by atoms with Crippen LogP contribution >= 0.6 is 0 Å². The molecule has 0 radical (unpaired) electrons. The van der Waals surface area contributed by atoms with E-state index < -0.39 is 63.5 Å². The molecule has 4 aromatic rings. The molecule has 3 aliphatic rings. The van der Waals surface area contributed by atoms with Gasteiger partial charge in [-0.15, -0.1) is 0 Å². The van der Waals surface area contributed by atoms with Crippen molar-refractivity contribution in [3.05, 3.63) is 123 Å². The van der Waals surface area contributed by atoms with Crippen LogP contribution in [0.15, 0.2) is 89.5 Å². The molecule has 2 heterocycles. The molecule has 0 bridgehead atoms. The number of carbonyl (C=O) groups is 2. The molecule has 2 aliphatic heterocycles. The Morgan fingerprint density at radius 1 is 0.789 bits per heavy atom. The van der Waals surface area contributed by atoms with Gasteiger partial charge in [-0.25, -0.2) is 0 Å². The summed E-state index contributed by atoms with van der Waals surface area (Å²) in [5, 5.41) is 90.2. The topological polar surface area (TPSA) is 214 Å². The number of benzene rings is 4. The molecular formula is C45H44O12. The Kier molecular flexibility index (Phi) is 9.52. The fourth-order valence-corrected chi connectivity index (χ4v) is 8.42. The smallest absolute Gasteiger partial charge is 0.286 e. The van der Waals surface area contributed by atoms with Gasteiger partial charge in [-0.1, -0.05) is 41.0 Å². The minimum Gasteiger partial charge on any atom is -0.508 e. The van der Waals surface area contributed by atoms with E-state index in [9.17, 15) is 45.6 Å². The van der Waals surface area contributed by atoms with Gasteiger partial charge in [-0.05, 0) is 83.4 Å². The Balaban J connectivity index is 1.44. The highest BCUT2D eigenvalue weighted by molar-refractivity contribution is 6.10. The zero-order valence-corrected chi connectivity index (χ0v) is 32.0. The number of hydrogen-bond donors (Lipinski definition) is 8. The second-order valence-electron chi connectivity index (χ2n) is 15.6. The number of aromatic hydroxyl groups is 7. The highest BCUT2D eigenvalue weighted by Crippen LogP contribution is 2.60. The average molecular weight is 777 g/mol. The number of phenolic OH excluding ortho intramolecular Hbond substituents is 7. The summed E-state index contributed by atoms with van der Waals surface area (Å²) >= 11 is 0. The molecule has 57 heavy (non-hydrogen) atoms. The molecule has 0 amide bonds. The van der Waals surface area contributed by atoms with Crippen LogP contribution in [0, 0.1) is 5.92 Å². The van der Waals surface area contributed by atoms with Crippen LogP contribution in [0.4, 0.5) is 0 Å². The number of phenols is 7.